The highest BCUT2D eigenvalue weighted by Crippen LogP contribution is 2.30. The lowest BCUT2D eigenvalue weighted by atomic mass is 10.2. The Morgan fingerprint density at radius 3 is 2.52 bits per heavy atom. The van der Waals surface area contributed by atoms with Crippen LogP contribution in [0.25, 0.3) is 0 Å². The first kappa shape index (κ1) is 17.6. The zero-order valence-electron chi connectivity index (χ0n) is 13.2. The van der Waals surface area contributed by atoms with Gasteiger partial charge in [-0.3, -0.25) is 0 Å². The van der Waals surface area contributed by atoms with Gasteiger partial charge in [-0.25, -0.2) is 9.18 Å². The van der Waals surface area contributed by atoms with Gasteiger partial charge in [-0.15, -0.1) is 22.7 Å². The van der Waals surface area contributed by atoms with Crippen molar-refractivity contribution in [1.29, 1.82) is 0 Å². The van der Waals surface area contributed by atoms with Crippen LogP contribution < -0.4 is 10.6 Å². The average molecular weight is 376 g/mol. The van der Waals surface area contributed by atoms with Crippen molar-refractivity contribution in [2.75, 3.05) is 0 Å². The van der Waals surface area contributed by atoms with Gasteiger partial charge in [0.15, 0.2) is 0 Å². The van der Waals surface area contributed by atoms with Crippen molar-refractivity contribution >= 4 is 28.7 Å². The normalized spacial score (nSPS) is 11.9. The third kappa shape index (κ3) is 4.88. The second kappa shape index (κ2) is 8.24. The summed E-state index contributed by atoms with van der Waals surface area (Å²) in [4.78, 5) is 14.6. The molecule has 2 amide bonds. The molecule has 1 aromatic carbocycles. The fourth-order valence-corrected chi connectivity index (χ4v) is 4.00. The molecule has 3 rings (SSSR count). The molecule has 0 aliphatic heterocycles. The van der Waals surface area contributed by atoms with Crippen LogP contribution in [-0.4, -0.2) is 11.1 Å². The minimum Gasteiger partial charge on any atom is -0.382 e. The van der Waals surface area contributed by atoms with E-state index in [1.807, 2.05) is 29.6 Å². The largest absolute Gasteiger partial charge is 0.382 e. The van der Waals surface area contributed by atoms with Crippen molar-refractivity contribution in [3.63, 3.8) is 0 Å². The van der Waals surface area contributed by atoms with E-state index in [-0.39, 0.29) is 11.8 Å². The number of hydrogen-bond acceptors (Lipinski definition) is 4. The van der Waals surface area contributed by atoms with Crippen LogP contribution >= 0.6 is 22.7 Å². The highest BCUT2D eigenvalue weighted by atomic mass is 32.1. The van der Waals surface area contributed by atoms with Crippen molar-refractivity contribution in [2.45, 2.75) is 19.2 Å². The van der Waals surface area contributed by atoms with Crippen molar-refractivity contribution < 1.29 is 14.3 Å². The van der Waals surface area contributed by atoms with E-state index in [9.17, 15) is 14.3 Å². The summed E-state index contributed by atoms with van der Waals surface area (Å²) in [6, 6.07) is 13.3. The number of halogens is 1. The zero-order chi connectivity index (χ0) is 17.6. The van der Waals surface area contributed by atoms with Gasteiger partial charge in [0.2, 0.25) is 0 Å². The number of nitrogens with one attached hydrogen (secondary N) is 2. The topological polar surface area (TPSA) is 61.4 Å². The standard InChI is InChI=1S/C18H17FN2O2S2/c19-13-5-3-12(4-6-13)10-20-18(23)21-11-14-7-8-16(25-14)17(22)15-2-1-9-24-15/h1-9,17,22H,10-11H2,(H2,20,21,23). The molecule has 25 heavy (non-hydrogen) atoms. The van der Waals surface area contributed by atoms with E-state index in [0.29, 0.717) is 13.1 Å². The number of aliphatic hydroxyl groups is 1. The summed E-state index contributed by atoms with van der Waals surface area (Å²) < 4.78 is 12.8. The Morgan fingerprint density at radius 1 is 1.04 bits per heavy atom. The Bertz CT molecular complexity index is 816. The van der Waals surface area contributed by atoms with E-state index in [4.69, 9.17) is 0 Å². The molecule has 0 fully saturated rings. The Kier molecular flexibility index (Phi) is 5.80. The first-order valence-corrected chi connectivity index (χ1v) is 9.37. The van der Waals surface area contributed by atoms with E-state index in [2.05, 4.69) is 10.6 Å². The third-order valence-electron chi connectivity index (χ3n) is 3.55. The van der Waals surface area contributed by atoms with Crippen LogP contribution in [0.3, 0.4) is 0 Å². The minimum absolute atomic E-state index is 0.293. The summed E-state index contributed by atoms with van der Waals surface area (Å²) in [6.45, 7) is 0.718. The van der Waals surface area contributed by atoms with E-state index in [0.717, 1.165) is 20.2 Å². The third-order valence-corrected chi connectivity index (χ3v) is 5.62. The van der Waals surface area contributed by atoms with Gasteiger partial charge in [-0.2, -0.15) is 0 Å². The molecule has 0 bridgehead atoms. The first-order valence-electron chi connectivity index (χ1n) is 7.68. The Hall–Kier alpha value is -2.22. The van der Waals surface area contributed by atoms with Crippen molar-refractivity contribution in [3.05, 3.63) is 79.9 Å². The number of aliphatic hydroxyl groups excluding tert-OH is 1. The quantitative estimate of drug-likeness (QED) is 0.608. The first-order chi connectivity index (χ1) is 12.1. The summed E-state index contributed by atoms with van der Waals surface area (Å²) in [7, 11) is 0. The molecule has 0 saturated heterocycles. The van der Waals surface area contributed by atoms with Gasteiger partial charge in [-0.05, 0) is 41.3 Å². The van der Waals surface area contributed by atoms with Gasteiger partial charge in [-0.1, -0.05) is 18.2 Å². The lowest BCUT2D eigenvalue weighted by Gasteiger charge is -2.07. The molecule has 3 aromatic rings. The summed E-state index contributed by atoms with van der Waals surface area (Å²) in [5.74, 6) is -0.300. The molecular weight excluding hydrogens is 359 g/mol. The van der Waals surface area contributed by atoms with E-state index in [1.54, 1.807) is 12.1 Å². The number of carbonyl (C=O) groups excluding carboxylic acids is 1. The number of amides is 2. The zero-order valence-corrected chi connectivity index (χ0v) is 14.9. The maximum absolute atomic E-state index is 12.8. The van der Waals surface area contributed by atoms with Gasteiger partial charge in [0.1, 0.15) is 11.9 Å². The van der Waals surface area contributed by atoms with Crippen molar-refractivity contribution in [2.24, 2.45) is 0 Å². The molecule has 1 unspecified atom stereocenters. The summed E-state index contributed by atoms with van der Waals surface area (Å²) in [5.41, 5.74) is 0.828. The number of rotatable bonds is 6. The Labute approximate surface area is 153 Å². The van der Waals surface area contributed by atoms with Gasteiger partial charge >= 0.3 is 6.03 Å². The number of benzene rings is 1. The number of thiophene rings is 2. The lowest BCUT2D eigenvalue weighted by molar-refractivity contribution is 0.228. The summed E-state index contributed by atoms with van der Waals surface area (Å²) in [6.07, 6.45) is -0.619. The highest BCUT2D eigenvalue weighted by molar-refractivity contribution is 7.12. The molecule has 130 valence electrons. The van der Waals surface area contributed by atoms with Crippen LogP contribution in [0.4, 0.5) is 9.18 Å². The second-order valence-corrected chi connectivity index (χ2v) is 7.56. The molecule has 7 heteroatoms. The minimum atomic E-state index is -0.619. The van der Waals surface area contributed by atoms with E-state index in [1.165, 1.54) is 34.8 Å². The van der Waals surface area contributed by atoms with Crippen molar-refractivity contribution in [3.8, 4) is 0 Å². The maximum atomic E-state index is 12.8. The van der Waals surface area contributed by atoms with Gasteiger partial charge in [0.05, 0.1) is 6.54 Å². The predicted octanol–water partition coefficient (Wildman–Crippen LogP) is 4.03. The van der Waals surface area contributed by atoms with Crippen molar-refractivity contribution in [1.82, 2.24) is 10.6 Å². The van der Waals surface area contributed by atoms with Crippen LogP contribution in [0.1, 0.15) is 26.3 Å². The molecule has 0 saturated carbocycles. The summed E-state index contributed by atoms with van der Waals surface area (Å²) in [5, 5.41) is 17.7. The fraction of sp³-hybridized carbons (Fsp3) is 0.167. The molecule has 0 aliphatic rings. The van der Waals surface area contributed by atoms with Gasteiger partial charge < -0.3 is 15.7 Å². The maximum Gasteiger partial charge on any atom is 0.315 e. The highest BCUT2D eigenvalue weighted by Gasteiger charge is 2.14. The average Bonchev–Trinajstić information content (AvgIpc) is 3.30. The van der Waals surface area contributed by atoms with Crippen LogP contribution in [0.5, 0.6) is 0 Å². The Balaban J connectivity index is 1.47. The fourth-order valence-electron chi connectivity index (χ4n) is 2.24. The molecule has 0 spiro atoms. The molecule has 2 aromatic heterocycles. The molecule has 1 atom stereocenters. The predicted molar refractivity (Wildman–Crippen MR) is 98.2 cm³/mol. The number of hydrogen-bond donors (Lipinski definition) is 3. The molecule has 4 nitrogen and oxygen atoms in total. The van der Waals surface area contributed by atoms with E-state index < -0.39 is 6.10 Å². The number of carbonyl (C=O) groups is 1. The summed E-state index contributed by atoms with van der Waals surface area (Å²) >= 11 is 2.98. The number of urea groups is 1. The monoisotopic (exact) mass is 376 g/mol. The van der Waals surface area contributed by atoms with Crippen LogP contribution in [-0.2, 0) is 13.1 Å². The molecule has 0 aliphatic carbocycles. The molecular formula is C18H17FN2O2S2. The second-order valence-electron chi connectivity index (χ2n) is 5.38. The van der Waals surface area contributed by atoms with E-state index >= 15 is 0 Å². The SMILES string of the molecule is O=C(NCc1ccc(F)cc1)NCc1ccc(C(O)c2cccs2)s1. The molecule has 2 heterocycles. The van der Waals surface area contributed by atoms with Crippen LogP contribution in [0, 0.1) is 5.82 Å². The Morgan fingerprint density at radius 2 is 1.80 bits per heavy atom. The lowest BCUT2D eigenvalue weighted by Crippen LogP contribution is -2.34. The van der Waals surface area contributed by atoms with Gasteiger partial charge in [0, 0.05) is 21.2 Å². The smallest absolute Gasteiger partial charge is 0.315 e. The molecule has 0 radical (unpaired) electrons. The molecule has 3 N–H and O–H groups in total. The van der Waals surface area contributed by atoms with Gasteiger partial charge in [0.25, 0.3) is 0 Å². The van der Waals surface area contributed by atoms with Crippen LogP contribution in [0.15, 0.2) is 53.9 Å². The van der Waals surface area contributed by atoms with Crippen LogP contribution in [0.2, 0.25) is 0 Å².